The molecule has 1 aromatic rings. The first-order chi connectivity index (χ1) is 8.45. The van der Waals surface area contributed by atoms with Gasteiger partial charge in [-0.3, -0.25) is 0 Å². The van der Waals surface area contributed by atoms with Crippen molar-refractivity contribution in [1.82, 2.24) is 10.3 Å². The quantitative estimate of drug-likeness (QED) is 0.909. The topological polar surface area (TPSA) is 38.1 Å². The van der Waals surface area contributed by atoms with E-state index in [1.165, 1.54) is 0 Å². The second-order valence-corrected chi connectivity index (χ2v) is 4.85. The Kier molecular flexibility index (Phi) is 3.94. The number of hydrogen-bond acceptors (Lipinski definition) is 3. The van der Waals surface area contributed by atoms with Crippen LogP contribution in [0.3, 0.4) is 0 Å². The highest BCUT2D eigenvalue weighted by Gasteiger charge is 2.42. The van der Waals surface area contributed by atoms with Crippen molar-refractivity contribution < 1.29 is 17.6 Å². The zero-order chi connectivity index (χ0) is 13.2. The first kappa shape index (κ1) is 13.4. The monoisotopic (exact) mass is 262 g/mol. The number of nitrogens with zero attached hydrogens (tertiary/aromatic N) is 1. The summed E-state index contributed by atoms with van der Waals surface area (Å²) in [6.07, 6.45) is -0.655. The lowest BCUT2D eigenvalue weighted by Crippen LogP contribution is -2.38. The predicted molar refractivity (Wildman–Crippen MR) is 59.9 cm³/mol. The van der Waals surface area contributed by atoms with Crippen LogP contribution in [0.15, 0.2) is 10.6 Å². The summed E-state index contributed by atoms with van der Waals surface area (Å²) in [6.45, 7) is 2.18. The van der Waals surface area contributed by atoms with Crippen LogP contribution in [0.25, 0.3) is 0 Å². The summed E-state index contributed by atoms with van der Waals surface area (Å²) in [7, 11) is 0. The van der Waals surface area contributed by atoms with Crippen molar-refractivity contribution in [2.75, 3.05) is 0 Å². The first-order valence-electron chi connectivity index (χ1n) is 6.16. The second-order valence-electron chi connectivity index (χ2n) is 4.85. The molecule has 1 heterocycles. The summed E-state index contributed by atoms with van der Waals surface area (Å²) >= 11 is 0. The molecule has 2 atom stereocenters. The van der Waals surface area contributed by atoms with E-state index in [2.05, 4.69) is 10.3 Å². The smallest absolute Gasteiger partial charge is 0.391 e. The Morgan fingerprint density at radius 3 is 2.83 bits per heavy atom. The van der Waals surface area contributed by atoms with E-state index in [9.17, 15) is 13.2 Å². The van der Waals surface area contributed by atoms with Gasteiger partial charge < -0.3 is 9.73 Å². The molecule has 1 aliphatic carbocycles. The zero-order valence-electron chi connectivity index (χ0n) is 10.3. The summed E-state index contributed by atoms with van der Waals surface area (Å²) in [5, 5.41) is 3.10. The average molecular weight is 262 g/mol. The fraction of sp³-hybridized carbons (Fsp3) is 0.750. The number of hydrogen-bond donors (Lipinski definition) is 1. The molecule has 1 saturated carbocycles. The van der Waals surface area contributed by atoms with Crippen LogP contribution in [0.1, 0.15) is 37.3 Å². The van der Waals surface area contributed by atoms with Crippen molar-refractivity contribution in [2.45, 2.75) is 51.4 Å². The van der Waals surface area contributed by atoms with Crippen molar-refractivity contribution in [3.63, 3.8) is 0 Å². The van der Waals surface area contributed by atoms with Gasteiger partial charge in [-0.15, -0.1) is 0 Å². The highest BCUT2D eigenvalue weighted by atomic mass is 19.4. The maximum atomic E-state index is 12.6. The van der Waals surface area contributed by atoms with Gasteiger partial charge in [-0.2, -0.15) is 13.2 Å². The molecule has 0 aromatic carbocycles. The van der Waals surface area contributed by atoms with Gasteiger partial charge in [0.1, 0.15) is 5.76 Å². The third-order valence-electron chi connectivity index (χ3n) is 3.35. The van der Waals surface area contributed by atoms with Gasteiger partial charge >= 0.3 is 6.18 Å². The molecular formula is C12H17F3N2O. The summed E-state index contributed by atoms with van der Waals surface area (Å²) in [5.74, 6) is 0.0697. The second kappa shape index (κ2) is 5.30. The van der Waals surface area contributed by atoms with Crippen LogP contribution in [0, 0.1) is 12.8 Å². The van der Waals surface area contributed by atoms with Crippen molar-refractivity contribution >= 4 is 0 Å². The summed E-state index contributed by atoms with van der Waals surface area (Å²) in [5.41, 5.74) is 0. The third-order valence-corrected chi connectivity index (χ3v) is 3.35. The van der Waals surface area contributed by atoms with Crippen LogP contribution in [0.5, 0.6) is 0 Å². The number of rotatable bonds is 3. The fourth-order valence-corrected chi connectivity index (χ4v) is 2.39. The largest absolute Gasteiger partial charge is 0.445 e. The molecule has 0 saturated heterocycles. The number of aromatic nitrogens is 1. The minimum Gasteiger partial charge on any atom is -0.445 e. The van der Waals surface area contributed by atoms with Gasteiger partial charge in [0.15, 0.2) is 0 Å². The highest BCUT2D eigenvalue weighted by Crippen LogP contribution is 2.37. The molecule has 0 radical (unpaired) electrons. The van der Waals surface area contributed by atoms with E-state index < -0.39 is 12.1 Å². The van der Waals surface area contributed by atoms with E-state index in [0.29, 0.717) is 24.6 Å². The van der Waals surface area contributed by atoms with Crippen molar-refractivity contribution in [2.24, 2.45) is 5.92 Å². The third kappa shape index (κ3) is 3.48. The highest BCUT2D eigenvalue weighted by molar-refractivity contribution is 4.91. The minimum absolute atomic E-state index is 0.0995. The van der Waals surface area contributed by atoms with Crippen LogP contribution in [0.4, 0.5) is 13.2 Å². The van der Waals surface area contributed by atoms with E-state index >= 15 is 0 Å². The molecule has 0 aliphatic heterocycles. The number of nitrogens with one attached hydrogen (secondary N) is 1. The number of alkyl halides is 3. The van der Waals surface area contributed by atoms with E-state index in [0.717, 1.165) is 6.42 Å². The molecule has 6 heteroatoms. The Labute approximate surface area is 104 Å². The molecule has 1 aromatic heterocycles. The lowest BCUT2D eigenvalue weighted by atomic mass is 9.85. The van der Waals surface area contributed by atoms with Crippen LogP contribution in [-0.2, 0) is 6.54 Å². The maximum absolute atomic E-state index is 12.6. The molecule has 0 bridgehead atoms. The fourth-order valence-electron chi connectivity index (χ4n) is 2.39. The SMILES string of the molecule is Cc1cnc(CNC2CCCC(C(F)(F)F)C2)o1. The standard InChI is InChI=1S/C12H17F3N2O/c1-8-6-17-11(18-8)7-16-10-4-2-3-9(5-10)12(13,14)15/h6,9-10,16H,2-5,7H2,1H3. The molecule has 1 aliphatic rings. The van der Waals surface area contributed by atoms with E-state index in [1.54, 1.807) is 13.1 Å². The van der Waals surface area contributed by atoms with Gasteiger partial charge in [0.2, 0.25) is 5.89 Å². The van der Waals surface area contributed by atoms with Gasteiger partial charge in [-0.1, -0.05) is 6.42 Å². The summed E-state index contributed by atoms with van der Waals surface area (Å²) < 4.78 is 43.1. The molecule has 0 spiro atoms. The predicted octanol–water partition coefficient (Wildman–Crippen LogP) is 3.19. The van der Waals surface area contributed by atoms with Crippen LogP contribution in [0.2, 0.25) is 0 Å². The molecule has 1 N–H and O–H groups in total. The van der Waals surface area contributed by atoms with E-state index in [4.69, 9.17) is 4.42 Å². The van der Waals surface area contributed by atoms with Crippen LogP contribution >= 0.6 is 0 Å². The molecule has 18 heavy (non-hydrogen) atoms. The number of aryl methyl sites for hydroxylation is 1. The Hall–Kier alpha value is -1.04. The van der Waals surface area contributed by atoms with Crippen molar-refractivity contribution in [3.05, 3.63) is 17.8 Å². The number of halogens is 3. The van der Waals surface area contributed by atoms with Gasteiger partial charge in [-0.05, 0) is 26.2 Å². The maximum Gasteiger partial charge on any atom is 0.391 e. The van der Waals surface area contributed by atoms with Crippen LogP contribution < -0.4 is 5.32 Å². The number of oxazole rings is 1. The molecule has 0 amide bonds. The van der Waals surface area contributed by atoms with Gasteiger partial charge in [0.25, 0.3) is 0 Å². The Balaban J connectivity index is 1.83. The van der Waals surface area contributed by atoms with E-state index in [1.807, 2.05) is 0 Å². The summed E-state index contributed by atoms with van der Waals surface area (Å²) in [4.78, 5) is 4.02. The van der Waals surface area contributed by atoms with Gasteiger partial charge in [-0.25, -0.2) is 4.98 Å². The lowest BCUT2D eigenvalue weighted by molar-refractivity contribution is -0.183. The summed E-state index contributed by atoms with van der Waals surface area (Å²) in [6, 6.07) is -0.0995. The molecular weight excluding hydrogens is 245 g/mol. The Morgan fingerprint density at radius 1 is 1.44 bits per heavy atom. The average Bonchev–Trinajstić information content (AvgIpc) is 2.72. The first-order valence-corrected chi connectivity index (χ1v) is 6.16. The molecule has 3 nitrogen and oxygen atoms in total. The molecule has 2 unspecified atom stereocenters. The lowest BCUT2D eigenvalue weighted by Gasteiger charge is -2.30. The normalized spacial score (nSPS) is 25.3. The molecule has 2 rings (SSSR count). The van der Waals surface area contributed by atoms with E-state index in [-0.39, 0.29) is 18.9 Å². The molecule has 102 valence electrons. The Morgan fingerprint density at radius 2 is 2.22 bits per heavy atom. The van der Waals surface area contributed by atoms with Gasteiger partial charge in [0, 0.05) is 6.04 Å². The Bertz CT molecular complexity index is 389. The van der Waals surface area contributed by atoms with Crippen LogP contribution in [-0.4, -0.2) is 17.2 Å². The minimum atomic E-state index is -4.07. The van der Waals surface area contributed by atoms with Gasteiger partial charge in [0.05, 0.1) is 18.7 Å². The van der Waals surface area contributed by atoms with Crippen molar-refractivity contribution in [1.29, 1.82) is 0 Å². The van der Waals surface area contributed by atoms with Crippen molar-refractivity contribution in [3.8, 4) is 0 Å². The zero-order valence-corrected chi connectivity index (χ0v) is 10.3. The molecule has 1 fully saturated rings.